The summed E-state index contributed by atoms with van der Waals surface area (Å²) in [4.78, 5) is 24.3. The van der Waals surface area contributed by atoms with Crippen LogP contribution in [0.1, 0.15) is 19.4 Å². The molecule has 1 aliphatic heterocycles. The molecule has 0 aromatic heterocycles. The van der Waals surface area contributed by atoms with Crippen LogP contribution in [0.5, 0.6) is 0 Å². The second kappa shape index (κ2) is 6.17. The topological polar surface area (TPSA) is 63.7 Å². The summed E-state index contributed by atoms with van der Waals surface area (Å²) in [5, 5.41) is 1.65. The first-order valence-corrected chi connectivity index (χ1v) is 8.47. The number of hydrazine groups is 1. The molecule has 1 aromatic rings. The standard InChI is InChI=1S/C15H16F4N2O3S/c1-8-5-9(16)10(6-11(8)25(24)7-15(17,18)19)21-13(23)14(2,3)12(22)20(21)4/h5-6H,7H2,1-4H3. The average molecular weight is 380 g/mol. The smallest absolute Gasteiger partial charge is 0.433 e. The summed E-state index contributed by atoms with van der Waals surface area (Å²) in [5.41, 5.74) is -1.79. The molecule has 1 aromatic carbocycles. The molecular weight excluding hydrogens is 364 g/mol. The number of anilines is 1. The minimum Gasteiger partial charge on any atom is -0.611 e. The van der Waals surface area contributed by atoms with Crippen molar-refractivity contribution in [3.05, 3.63) is 23.5 Å². The fourth-order valence-corrected chi connectivity index (χ4v) is 3.65. The first-order chi connectivity index (χ1) is 11.3. The van der Waals surface area contributed by atoms with Crippen molar-refractivity contribution in [2.45, 2.75) is 31.8 Å². The van der Waals surface area contributed by atoms with Gasteiger partial charge in [-0.15, -0.1) is 0 Å². The third-order valence-corrected chi connectivity index (χ3v) is 5.39. The Bertz CT molecular complexity index is 736. The summed E-state index contributed by atoms with van der Waals surface area (Å²) in [5.74, 6) is -3.81. The van der Waals surface area contributed by atoms with Crippen LogP contribution in [0.3, 0.4) is 0 Å². The first-order valence-electron chi connectivity index (χ1n) is 7.15. The average Bonchev–Trinajstić information content (AvgIpc) is 2.59. The second-order valence-electron chi connectivity index (χ2n) is 6.24. The molecule has 1 unspecified atom stereocenters. The highest BCUT2D eigenvalue weighted by atomic mass is 32.2. The number of aryl methyl sites for hydroxylation is 1. The van der Waals surface area contributed by atoms with Crippen LogP contribution in [0, 0.1) is 18.2 Å². The number of hydrogen-bond acceptors (Lipinski definition) is 3. The Labute approximate surface area is 144 Å². The Morgan fingerprint density at radius 1 is 1.20 bits per heavy atom. The monoisotopic (exact) mass is 380 g/mol. The van der Waals surface area contributed by atoms with Crippen LogP contribution in [-0.4, -0.2) is 40.4 Å². The fourth-order valence-electron chi connectivity index (χ4n) is 2.53. The maximum atomic E-state index is 14.4. The minimum absolute atomic E-state index is 0.0590. The van der Waals surface area contributed by atoms with Gasteiger partial charge in [-0.1, -0.05) is 0 Å². The van der Waals surface area contributed by atoms with E-state index >= 15 is 0 Å². The molecule has 0 radical (unpaired) electrons. The van der Waals surface area contributed by atoms with Gasteiger partial charge < -0.3 is 4.55 Å². The molecule has 2 amide bonds. The van der Waals surface area contributed by atoms with E-state index in [0.717, 1.165) is 22.2 Å². The lowest BCUT2D eigenvalue weighted by molar-refractivity contribution is -0.136. The highest BCUT2D eigenvalue weighted by molar-refractivity contribution is 7.91. The fraction of sp³-hybridized carbons (Fsp3) is 0.467. The highest BCUT2D eigenvalue weighted by Crippen LogP contribution is 2.37. The van der Waals surface area contributed by atoms with Gasteiger partial charge in [-0.2, -0.15) is 13.2 Å². The SMILES string of the molecule is Cc1cc(F)c(N2C(=O)C(C)(C)C(=O)N2C)cc1[S+]([O-])CC(F)(F)F. The van der Waals surface area contributed by atoms with Crippen molar-refractivity contribution >= 4 is 28.7 Å². The van der Waals surface area contributed by atoms with Crippen LogP contribution in [-0.2, 0) is 20.8 Å². The van der Waals surface area contributed by atoms with Gasteiger partial charge in [0.1, 0.15) is 16.9 Å². The van der Waals surface area contributed by atoms with E-state index in [-0.39, 0.29) is 10.5 Å². The molecule has 1 fully saturated rings. The quantitative estimate of drug-likeness (QED) is 0.460. The molecule has 10 heteroatoms. The van der Waals surface area contributed by atoms with Gasteiger partial charge >= 0.3 is 6.18 Å². The van der Waals surface area contributed by atoms with Crippen LogP contribution in [0.4, 0.5) is 23.2 Å². The van der Waals surface area contributed by atoms with Crippen molar-refractivity contribution < 1.29 is 31.7 Å². The second-order valence-corrected chi connectivity index (χ2v) is 7.66. The van der Waals surface area contributed by atoms with E-state index in [2.05, 4.69) is 0 Å². The van der Waals surface area contributed by atoms with Crippen molar-refractivity contribution in [3.8, 4) is 0 Å². The molecule has 1 aliphatic rings. The Balaban J connectivity index is 2.51. The summed E-state index contributed by atoms with van der Waals surface area (Å²) >= 11 is -2.47. The van der Waals surface area contributed by atoms with E-state index in [1.807, 2.05) is 0 Å². The van der Waals surface area contributed by atoms with Gasteiger partial charge in [0.15, 0.2) is 4.90 Å². The van der Waals surface area contributed by atoms with Crippen molar-refractivity contribution in [2.24, 2.45) is 5.41 Å². The van der Waals surface area contributed by atoms with Gasteiger partial charge in [-0.05, 0) is 38.0 Å². The predicted molar refractivity (Wildman–Crippen MR) is 82.5 cm³/mol. The molecule has 0 bridgehead atoms. The Morgan fingerprint density at radius 2 is 1.76 bits per heavy atom. The maximum Gasteiger partial charge on any atom is 0.433 e. The molecule has 1 saturated heterocycles. The number of hydrogen-bond donors (Lipinski definition) is 0. The van der Waals surface area contributed by atoms with Crippen molar-refractivity contribution in [2.75, 3.05) is 17.8 Å². The number of carbonyl (C=O) groups is 2. The lowest BCUT2D eigenvalue weighted by Gasteiger charge is -2.25. The number of alkyl halides is 3. The molecule has 138 valence electrons. The van der Waals surface area contributed by atoms with E-state index in [4.69, 9.17) is 0 Å². The predicted octanol–water partition coefficient (Wildman–Crippen LogP) is 2.55. The Kier molecular flexibility index (Phi) is 4.81. The highest BCUT2D eigenvalue weighted by Gasteiger charge is 2.52. The van der Waals surface area contributed by atoms with Gasteiger partial charge in [-0.3, -0.25) is 9.59 Å². The van der Waals surface area contributed by atoms with Gasteiger partial charge in [-0.25, -0.2) is 14.4 Å². The van der Waals surface area contributed by atoms with E-state index < -0.39 is 51.8 Å². The zero-order valence-electron chi connectivity index (χ0n) is 13.9. The molecule has 0 N–H and O–H groups in total. The van der Waals surface area contributed by atoms with Crippen molar-refractivity contribution in [1.29, 1.82) is 0 Å². The Hall–Kier alpha value is -1.81. The molecular formula is C15H16F4N2O3S. The van der Waals surface area contributed by atoms with Gasteiger partial charge in [0.25, 0.3) is 11.8 Å². The van der Waals surface area contributed by atoms with Crippen molar-refractivity contribution in [3.63, 3.8) is 0 Å². The molecule has 5 nitrogen and oxygen atoms in total. The van der Waals surface area contributed by atoms with Gasteiger partial charge in [0.05, 0.1) is 0 Å². The number of nitrogens with zero attached hydrogens (tertiary/aromatic N) is 2. The van der Waals surface area contributed by atoms with Crippen LogP contribution < -0.4 is 5.01 Å². The third kappa shape index (κ3) is 3.45. The summed E-state index contributed by atoms with van der Waals surface area (Å²) in [6, 6.07) is 1.82. The lowest BCUT2D eigenvalue weighted by atomic mass is 9.93. The first kappa shape index (κ1) is 19.5. The molecule has 0 spiro atoms. The number of carbonyl (C=O) groups excluding carboxylic acids is 2. The molecule has 25 heavy (non-hydrogen) atoms. The number of halogens is 4. The summed E-state index contributed by atoms with van der Waals surface area (Å²) in [6.07, 6.45) is -4.66. The third-order valence-electron chi connectivity index (χ3n) is 3.87. The largest absolute Gasteiger partial charge is 0.611 e. The summed E-state index contributed by atoms with van der Waals surface area (Å²) < 4.78 is 63.8. The zero-order chi connectivity index (χ0) is 19.3. The molecule has 0 aliphatic carbocycles. The van der Waals surface area contributed by atoms with E-state index in [1.54, 1.807) is 0 Å². The maximum absolute atomic E-state index is 14.4. The van der Waals surface area contributed by atoms with E-state index in [9.17, 15) is 31.7 Å². The van der Waals surface area contributed by atoms with E-state index in [1.165, 1.54) is 27.8 Å². The molecule has 1 heterocycles. The lowest BCUT2D eigenvalue weighted by Crippen LogP contribution is -2.38. The van der Waals surface area contributed by atoms with Crippen LogP contribution >= 0.6 is 0 Å². The van der Waals surface area contributed by atoms with Crippen LogP contribution in [0.25, 0.3) is 0 Å². The van der Waals surface area contributed by atoms with Gasteiger partial charge in [0.2, 0.25) is 5.75 Å². The number of benzene rings is 1. The van der Waals surface area contributed by atoms with E-state index in [0.29, 0.717) is 0 Å². The minimum atomic E-state index is -4.66. The zero-order valence-corrected chi connectivity index (χ0v) is 14.7. The number of rotatable bonds is 3. The van der Waals surface area contributed by atoms with Crippen LogP contribution in [0.15, 0.2) is 17.0 Å². The summed E-state index contributed by atoms with van der Waals surface area (Å²) in [6.45, 7) is 4.05. The van der Waals surface area contributed by atoms with Crippen LogP contribution in [0.2, 0.25) is 0 Å². The Morgan fingerprint density at radius 3 is 2.20 bits per heavy atom. The summed E-state index contributed by atoms with van der Waals surface area (Å²) in [7, 11) is 1.25. The molecule has 2 rings (SSSR count). The number of amides is 2. The van der Waals surface area contributed by atoms with Crippen molar-refractivity contribution in [1.82, 2.24) is 5.01 Å². The molecule has 0 saturated carbocycles. The molecule has 1 atom stereocenters. The van der Waals surface area contributed by atoms with Gasteiger partial charge in [0, 0.05) is 18.7 Å². The normalized spacial score (nSPS) is 18.9.